The number of hydrogen-bond acceptors (Lipinski definition) is 4. The van der Waals surface area contributed by atoms with Gasteiger partial charge in [0.2, 0.25) is 0 Å². The molecule has 0 atom stereocenters. The largest absolute Gasteiger partial charge is 0.497 e. The number of nitrogens with two attached hydrogens (primary N) is 1. The van der Waals surface area contributed by atoms with Crippen molar-refractivity contribution >= 4 is 5.82 Å². The molecular weight excluding hydrogens is 283 g/mol. The molecule has 6 heteroatoms. The second-order valence-corrected chi connectivity index (χ2v) is 4.90. The monoisotopic (exact) mass is 298 g/mol. The van der Waals surface area contributed by atoms with Gasteiger partial charge in [-0.2, -0.15) is 4.68 Å². The van der Waals surface area contributed by atoms with Gasteiger partial charge in [0.25, 0.3) is 0 Å². The second kappa shape index (κ2) is 5.48. The maximum absolute atomic E-state index is 13.4. The van der Waals surface area contributed by atoms with E-state index in [0.29, 0.717) is 22.8 Å². The van der Waals surface area contributed by atoms with Crippen molar-refractivity contribution in [3.8, 4) is 22.7 Å². The minimum absolute atomic E-state index is 0.262. The highest BCUT2D eigenvalue weighted by atomic mass is 19.1. The molecule has 0 unspecified atom stereocenters. The van der Waals surface area contributed by atoms with Crippen LogP contribution < -0.4 is 10.5 Å². The average Bonchev–Trinajstić information content (AvgIpc) is 2.92. The number of hydrogen-bond donors (Lipinski definition) is 1. The molecule has 0 aliphatic heterocycles. The minimum atomic E-state index is -0.262. The van der Waals surface area contributed by atoms with Gasteiger partial charge in [0.1, 0.15) is 17.3 Å². The molecule has 0 radical (unpaired) electrons. The number of nitrogens with zero attached hydrogens (tertiary/aromatic N) is 3. The van der Waals surface area contributed by atoms with Crippen molar-refractivity contribution in [2.24, 2.45) is 0 Å². The fraction of sp³-hybridized carbons (Fsp3) is 0.125. The zero-order valence-corrected chi connectivity index (χ0v) is 12.2. The van der Waals surface area contributed by atoms with Gasteiger partial charge in [0.15, 0.2) is 5.82 Å². The number of ether oxygens (including phenoxy) is 1. The highest BCUT2D eigenvalue weighted by molar-refractivity contribution is 5.71. The first-order chi connectivity index (χ1) is 10.6. The van der Waals surface area contributed by atoms with Crippen LogP contribution in [0, 0.1) is 12.7 Å². The van der Waals surface area contributed by atoms with Crippen LogP contribution in [-0.4, -0.2) is 22.1 Å². The van der Waals surface area contributed by atoms with E-state index in [9.17, 15) is 4.39 Å². The molecule has 3 aromatic rings. The van der Waals surface area contributed by atoms with Crippen molar-refractivity contribution in [2.75, 3.05) is 12.8 Å². The topological polar surface area (TPSA) is 66.0 Å². The van der Waals surface area contributed by atoms with Gasteiger partial charge in [-0.05, 0) is 42.8 Å². The Hall–Kier alpha value is -2.89. The Morgan fingerprint density at radius 3 is 2.73 bits per heavy atom. The number of methoxy groups -OCH3 is 1. The maximum Gasteiger partial charge on any atom is 0.155 e. The maximum atomic E-state index is 13.4. The van der Waals surface area contributed by atoms with Gasteiger partial charge in [-0.1, -0.05) is 11.3 Å². The third kappa shape index (κ3) is 2.39. The van der Waals surface area contributed by atoms with E-state index in [2.05, 4.69) is 10.3 Å². The number of aryl methyl sites for hydroxylation is 1. The van der Waals surface area contributed by atoms with Crippen LogP contribution in [0.1, 0.15) is 5.56 Å². The van der Waals surface area contributed by atoms with Crippen molar-refractivity contribution in [3.05, 3.63) is 53.8 Å². The predicted octanol–water partition coefficient (Wildman–Crippen LogP) is 2.97. The standard InChI is InChI=1S/C16H15FN4O/c1-10-8-11(6-7-14(10)17)15-16(18)21(20-19-15)12-4-3-5-13(9-12)22-2/h3-9H,18H2,1-2H3. The summed E-state index contributed by atoms with van der Waals surface area (Å²) in [5.74, 6) is 0.827. The van der Waals surface area contributed by atoms with E-state index in [1.54, 1.807) is 26.2 Å². The Morgan fingerprint density at radius 1 is 1.18 bits per heavy atom. The third-order valence-electron chi connectivity index (χ3n) is 3.43. The molecule has 0 spiro atoms. The Labute approximate surface area is 127 Å². The number of benzene rings is 2. The van der Waals surface area contributed by atoms with E-state index < -0.39 is 0 Å². The van der Waals surface area contributed by atoms with Crippen molar-refractivity contribution < 1.29 is 9.13 Å². The lowest BCUT2D eigenvalue weighted by atomic mass is 10.1. The average molecular weight is 298 g/mol. The van der Waals surface area contributed by atoms with Gasteiger partial charge < -0.3 is 10.5 Å². The van der Waals surface area contributed by atoms with Gasteiger partial charge in [-0.3, -0.25) is 0 Å². The molecule has 2 N–H and O–H groups in total. The Kier molecular flexibility index (Phi) is 3.50. The lowest BCUT2D eigenvalue weighted by molar-refractivity contribution is 0.414. The van der Waals surface area contributed by atoms with E-state index >= 15 is 0 Å². The van der Waals surface area contributed by atoms with Crippen molar-refractivity contribution in [1.29, 1.82) is 0 Å². The van der Waals surface area contributed by atoms with E-state index in [0.717, 1.165) is 11.3 Å². The smallest absolute Gasteiger partial charge is 0.155 e. The van der Waals surface area contributed by atoms with Crippen LogP contribution in [0.15, 0.2) is 42.5 Å². The van der Waals surface area contributed by atoms with Crippen LogP contribution in [0.2, 0.25) is 0 Å². The summed E-state index contributed by atoms with van der Waals surface area (Å²) in [7, 11) is 1.59. The van der Waals surface area contributed by atoms with Gasteiger partial charge in [-0.25, -0.2) is 4.39 Å². The quantitative estimate of drug-likeness (QED) is 0.807. The number of aromatic nitrogens is 3. The Morgan fingerprint density at radius 2 is 2.00 bits per heavy atom. The molecule has 3 rings (SSSR count). The highest BCUT2D eigenvalue weighted by Gasteiger charge is 2.14. The van der Waals surface area contributed by atoms with E-state index in [-0.39, 0.29) is 5.82 Å². The fourth-order valence-electron chi connectivity index (χ4n) is 2.22. The molecule has 1 aromatic heterocycles. The predicted molar refractivity (Wildman–Crippen MR) is 82.5 cm³/mol. The summed E-state index contributed by atoms with van der Waals surface area (Å²) >= 11 is 0. The zero-order chi connectivity index (χ0) is 15.7. The summed E-state index contributed by atoms with van der Waals surface area (Å²) < 4.78 is 20.1. The van der Waals surface area contributed by atoms with Gasteiger partial charge in [0.05, 0.1) is 12.8 Å². The summed E-state index contributed by atoms with van der Waals surface area (Å²) in [5.41, 5.74) is 8.68. The van der Waals surface area contributed by atoms with E-state index in [1.165, 1.54) is 10.7 Å². The molecule has 0 amide bonds. The summed E-state index contributed by atoms with van der Waals surface area (Å²) in [6.45, 7) is 1.70. The number of anilines is 1. The first-order valence-corrected chi connectivity index (χ1v) is 6.72. The molecule has 0 aliphatic rings. The van der Waals surface area contributed by atoms with Crippen LogP contribution >= 0.6 is 0 Å². The Balaban J connectivity index is 2.06. The summed E-state index contributed by atoms with van der Waals surface area (Å²) in [6, 6.07) is 12.1. The first kappa shape index (κ1) is 14.1. The van der Waals surface area contributed by atoms with Crippen LogP contribution in [-0.2, 0) is 0 Å². The second-order valence-electron chi connectivity index (χ2n) is 4.90. The molecular formula is C16H15FN4O. The summed E-state index contributed by atoms with van der Waals surface area (Å²) in [4.78, 5) is 0. The molecule has 0 saturated carbocycles. The molecule has 0 aliphatic carbocycles. The van der Waals surface area contributed by atoms with E-state index in [4.69, 9.17) is 10.5 Å². The number of nitrogen functional groups attached to an aromatic ring is 1. The van der Waals surface area contributed by atoms with Gasteiger partial charge in [0, 0.05) is 11.6 Å². The van der Waals surface area contributed by atoms with Crippen LogP contribution in [0.25, 0.3) is 16.9 Å². The molecule has 112 valence electrons. The molecule has 5 nitrogen and oxygen atoms in total. The third-order valence-corrected chi connectivity index (χ3v) is 3.43. The summed E-state index contributed by atoms with van der Waals surface area (Å²) in [5, 5.41) is 8.20. The molecule has 1 heterocycles. The summed E-state index contributed by atoms with van der Waals surface area (Å²) in [6.07, 6.45) is 0. The first-order valence-electron chi connectivity index (χ1n) is 6.72. The SMILES string of the molecule is COc1cccc(-n2nnc(-c3ccc(F)c(C)c3)c2N)c1. The lowest BCUT2D eigenvalue weighted by Gasteiger charge is -2.06. The minimum Gasteiger partial charge on any atom is -0.497 e. The lowest BCUT2D eigenvalue weighted by Crippen LogP contribution is -2.02. The fourth-order valence-corrected chi connectivity index (χ4v) is 2.22. The van der Waals surface area contributed by atoms with Crippen LogP contribution in [0.4, 0.5) is 10.2 Å². The molecule has 2 aromatic carbocycles. The van der Waals surface area contributed by atoms with Gasteiger partial charge >= 0.3 is 0 Å². The number of halogens is 1. The van der Waals surface area contributed by atoms with Crippen molar-refractivity contribution in [1.82, 2.24) is 15.0 Å². The molecule has 0 saturated heterocycles. The molecule has 0 bridgehead atoms. The van der Waals surface area contributed by atoms with Crippen LogP contribution in [0.5, 0.6) is 5.75 Å². The normalized spacial score (nSPS) is 10.7. The molecule has 22 heavy (non-hydrogen) atoms. The highest BCUT2D eigenvalue weighted by Crippen LogP contribution is 2.27. The number of rotatable bonds is 3. The molecule has 0 fully saturated rings. The van der Waals surface area contributed by atoms with Crippen molar-refractivity contribution in [3.63, 3.8) is 0 Å². The van der Waals surface area contributed by atoms with Crippen molar-refractivity contribution in [2.45, 2.75) is 6.92 Å². The zero-order valence-electron chi connectivity index (χ0n) is 12.2. The van der Waals surface area contributed by atoms with E-state index in [1.807, 2.05) is 24.3 Å². The Bertz CT molecular complexity index is 829. The van der Waals surface area contributed by atoms with Gasteiger partial charge in [-0.15, -0.1) is 5.10 Å². The van der Waals surface area contributed by atoms with Crippen LogP contribution in [0.3, 0.4) is 0 Å².